The predicted molar refractivity (Wildman–Crippen MR) is 142 cm³/mol. The van der Waals surface area contributed by atoms with Crippen LogP contribution in [0, 0.1) is 0 Å². The molecule has 4 aromatic rings. The summed E-state index contributed by atoms with van der Waals surface area (Å²) >= 11 is 0. The molecule has 184 valence electrons. The third kappa shape index (κ3) is 4.94. The minimum Gasteiger partial charge on any atom is -0.416 e. The first-order valence-electron chi connectivity index (χ1n) is 12.4. The van der Waals surface area contributed by atoms with Crippen molar-refractivity contribution in [3.63, 3.8) is 0 Å². The molecule has 6 heteroatoms. The Morgan fingerprint density at radius 3 is 1.53 bits per heavy atom. The fourth-order valence-electron chi connectivity index (χ4n) is 4.17. The van der Waals surface area contributed by atoms with E-state index in [0.29, 0.717) is 23.6 Å². The number of rotatable bonds is 4. The molecule has 2 aromatic heterocycles. The van der Waals surface area contributed by atoms with Crippen LogP contribution in [0.4, 0.5) is 0 Å². The van der Waals surface area contributed by atoms with Crippen molar-refractivity contribution in [2.24, 2.45) is 0 Å². The van der Waals surface area contributed by atoms with E-state index in [-0.39, 0.29) is 10.8 Å². The lowest BCUT2D eigenvalue weighted by Crippen LogP contribution is -2.10. The Bertz CT molecular complexity index is 1420. The first-order valence-corrected chi connectivity index (χ1v) is 12.4. The van der Waals surface area contributed by atoms with E-state index in [9.17, 15) is 0 Å². The summed E-state index contributed by atoms with van der Waals surface area (Å²) in [4.78, 5) is 0. The average Bonchev–Trinajstić information content (AvgIpc) is 3.54. The van der Waals surface area contributed by atoms with E-state index in [1.807, 2.05) is 30.3 Å². The van der Waals surface area contributed by atoms with Gasteiger partial charge in [0.2, 0.25) is 23.6 Å². The van der Waals surface area contributed by atoms with Crippen molar-refractivity contribution in [3.8, 4) is 22.9 Å². The molecule has 1 aliphatic carbocycles. The smallest absolute Gasteiger partial charge is 0.248 e. The van der Waals surface area contributed by atoms with Crippen molar-refractivity contribution in [1.82, 2.24) is 20.4 Å². The van der Waals surface area contributed by atoms with Gasteiger partial charge in [-0.2, -0.15) is 0 Å². The number of aromatic nitrogens is 4. The van der Waals surface area contributed by atoms with Gasteiger partial charge in [-0.3, -0.25) is 0 Å². The highest BCUT2D eigenvalue weighted by molar-refractivity contribution is 5.81. The topological polar surface area (TPSA) is 77.8 Å². The first-order chi connectivity index (χ1) is 17.1. The third-order valence-corrected chi connectivity index (χ3v) is 6.48. The molecule has 5 rings (SSSR count). The maximum absolute atomic E-state index is 6.05. The van der Waals surface area contributed by atoms with Gasteiger partial charge in [0.15, 0.2) is 0 Å². The van der Waals surface area contributed by atoms with Crippen LogP contribution in [0.25, 0.3) is 34.1 Å². The fraction of sp³-hybridized carbons (Fsp3) is 0.333. The second-order valence-corrected chi connectivity index (χ2v) is 11.3. The van der Waals surface area contributed by atoms with E-state index in [1.165, 1.54) is 11.1 Å². The van der Waals surface area contributed by atoms with Crippen molar-refractivity contribution < 1.29 is 8.83 Å². The summed E-state index contributed by atoms with van der Waals surface area (Å²) < 4.78 is 12.1. The van der Waals surface area contributed by atoms with E-state index >= 15 is 0 Å². The van der Waals surface area contributed by atoms with Gasteiger partial charge < -0.3 is 8.83 Å². The van der Waals surface area contributed by atoms with E-state index in [2.05, 4.69) is 92.3 Å². The van der Waals surface area contributed by atoms with Crippen LogP contribution in [-0.2, 0) is 10.8 Å². The van der Waals surface area contributed by atoms with E-state index in [0.717, 1.165) is 35.1 Å². The highest BCUT2D eigenvalue weighted by atomic mass is 16.4. The third-order valence-electron chi connectivity index (χ3n) is 6.48. The van der Waals surface area contributed by atoms with Gasteiger partial charge in [-0.25, -0.2) is 0 Å². The van der Waals surface area contributed by atoms with Gasteiger partial charge in [0.1, 0.15) is 0 Å². The molecule has 0 atom stereocenters. The number of hydrogen-bond donors (Lipinski definition) is 0. The van der Waals surface area contributed by atoms with E-state index < -0.39 is 0 Å². The molecule has 0 unspecified atom stereocenters. The maximum atomic E-state index is 6.05. The van der Waals surface area contributed by atoms with Crippen LogP contribution in [-0.4, -0.2) is 20.4 Å². The number of allylic oxidation sites excluding steroid dienone is 4. The summed E-state index contributed by atoms with van der Waals surface area (Å²) in [6, 6.07) is 16.6. The van der Waals surface area contributed by atoms with Gasteiger partial charge >= 0.3 is 0 Å². The van der Waals surface area contributed by atoms with Crippen LogP contribution in [0.2, 0.25) is 0 Å². The minimum absolute atomic E-state index is 0.0944. The molecule has 0 saturated carbocycles. The lowest BCUT2D eigenvalue weighted by molar-refractivity contribution is 0.547. The largest absolute Gasteiger partial charge is 0.416 e. The van der Waals surface area contributed by atoms with Crippen molar-refractivity contribution in [2.45, 2.75) is 65.2 Å². The van der Waals surface area contributed by atoms with Gasteiger partial charge in [0, 0.05) is 22.3 Å². The zero-order chi connectivity index (χ0) is 25.5. The average molecular weight is 481 g/mol. The molecule has 0 bridgehead atoms. The molecular weight excluding hydrogens is 448 g/mol. The molecule has 0 amide bonds. The summed E-state index contributed by atoms with van der Waals surface area (Å²) in [6.45, 7) is 13.2. The Kier molecular flexibility index (Phi) is 5.99. The van der Waals surface area contributed by atoms with Crippen LogP contribution < -0.4 is 0 Å². The molecule has 0 radical (unpaired) electrons. The number of nitrogens with zero attached hydrogens (tertiary/aromatic N) is 4. The molecule has 36 heavy (non-hydrogen) atoms. The van der Waals surface area contributed by atoms with Gasteiger partial charge in [-0.05, 0) is 65.1 Å². The maximum Gasteiger partial charge on any atom is 0.248 e. The molecule has 2 aromatic carbocycles. The van der Waals surface area contributed by atoms with Gasteiger partial charge in [-0.15, -0.1) is 20.4 Å². The van der Waals surface area contributed by atoms with Crippen LogP contribution in [0.5, 0.6) is 0 Å². The summed E-state index contributed by atoms with van der Waals surface area (Å²) in [5.74, 6) is 2.03. The van der Waals surface area contributed by atoms with Crippen molar-refractivity contribution >= 4 is 11.1 Å². The Morgan fingerprint density at radius 2 is 1.03 bits per heavy atom. The Morgan fingerprint density at radius 1 is 0.583 bits per heavy atom. The van der Waals surface area contributed by atoms with Crippen LogP contribution in [0.3, 0.4) is 0 Å². The van der Waals surface area contributed by atoms with Crippen LogP contribution in [0.1, 0.15) is 77.3 Å². The van der Waals surface area contributed by atoms with Gasteiger partial charge in [0.05, 0.1) is 0 Å². The normalized spacial score (nSPS) is 14.5. The molecule has 2 heterocycles. The molecule has 0 N–H and O–H groups in total. The quantitative estimate of drug-likeness (QED) is 0.299. The number of benzene rings is 2. The van der Waals surface area contributed by atoms with Crippen molar-refractivity contribution in [1.29, 1.82) is 0 Å². The van der Waals surface area contributed by atoms with Crippen LogP contribution in [0.15, 0.2) is 69.5 Å². The Hall–Kier alpha value is -3.80. The molecular formula is C30H32N4O2. The van der Waals surface area contributed by atoms with Gasteiger partial charge in [-0.1, -0.05) is 71.9 Å². The highest BCUT2D eigenvalue weighted by Crippen LogP contribution is 2.33. The lowest BCUT2D eigenvalue weighted by Gasteiger charge is -2.18. The highest BCUT2D eigenvalue weighted by Gasteiger charge is 2.20. The summed E-state index contributed by atoms with van der Waals surface area (Å²) in [5.41, 5.74) is 6.37. The molecule has 0 spiro atoms. The minimum atomic E-state index is 0.0944. The molecule has 0 fully saturated rings. The molecule has 0 aliphatic heterocycles. The monoisotopic (exact) mass is 480 g/mol. The standard InChI is InChI=1S/C30H32N4O2/c1-29(2,3)23-14-10-19(11-15-23)25-31-33-27(35-25)21-8-7-9-22(18-21)28-34-32-26(36-28)20-12-16-24(17-13-20)30(4,5)6/h8,10-18H,7,9H2,1-6H3. The second kappa shape index (κ2) is 9.01. The first kappa shape index (κ1) is 23.9. The SMILES string of the molecule is CC(C)(C)c1ccc(-c2nnc(C3=CCCC(c4nnc(-c5ccc(C(C)(C)C)cc5)o4)=C3)o2)cc1. The zero-order valence-electron chi connectivity index (χ0n) is 21.8. The van der Waals surface area contributed by atoms with E-state index in [4.69, 9.17) is 8.83 Å². The predicted octanol–water partition coefficient (Wildman–Crippen LogP) is 7.64. The molecule has 6 nitrogen and oxygen atoms in total. The second-order valence-electron chi connectivity index (χ2n) is 11.3. The Balaban J connectivity index is 1.35. The van der Waals surface area contributed by atoms with Gasteiger partial charge in [0.25, 0.3) is 0 Å². The number of hydrogen-bond acceptors (Lipinski definition) is 6. The summed E-state index contributed by atoms with van der Waals surface area (Å²) in [6.07, 6.45) is 5.75. The summed E-state index contributed by atoms with van der Waals surface area (Å²) in [7, 11) is 0. The summed E-state index contributed by atoms with van der Waals surface area (Å²) in [5, 5.41) is 17.2. The Labute approximate surface area is 212 Å². The van der Waals surface area contributed by atoms with E-state index in [1.54, 1.807) is 0 Å². The van der Waals surface area contributed by atoms with Crippen molar-refractivity contribution in [2.75, 3.05) is 0 Å². The lowest BCUT2D eigenvalue weighted by atomic mass is 9.87. The fourth-order valence-corrected chi connectivity index (χ4v) is 4.17. The van der Waals surface area contributed by atoms with Crippen LogP contribution >= 0.6 is 0 Å². The zero-order valence-corrected chi connectivity index (χ0v) is 21.8. The molecule has 1 aliphatic rings. The molecule has 0 saturated heterocycles. The van der Waals surface area contributed by atoms with Crippen molar-refractivity contribution in [3.05, 3.63) is 83.6 Å².